The highest BCUT2D eigenvalue weighted by Crippen LogP contribution is 2.43. The Kier molecular flexibility index (Phi) is 12.5. The molecule has 0 N–H and O–H groups in total. The van der Waals surface area contributed by atoms with Gasteiger partial charge in [0, 0.05) is 53.7 Å². The largest absolute Gasteiger partial charge is 0.348 e. The minimum atomic E-state index is 0.862. The maximum absolute atomic E-state index is 4.64. The van der Waals surface area contributed by atoms with Crippen LogP contribution in [0.25, 0.3) is 6.08 Å². The van der Waals surface area contributed by atoms with Crippen LogP contribution in [-0.2, 0) is 5.75 Å². The van der Waals surface area contributed by atoms with Crippen molar-refractivity contribution in [1.29, 1.82) is 0 Å². The van der Waals surface area contributed by atoms with Gasteiger partial charge >= 0.3 is 0 Å². The van der Waals surface area contributed by atoms with Gasteiger partial charge in [-0.25, -0.2) is 0 Å². The average Bonchev–Trinajstić information content (AvgIpc) is 3.56. The predicted octanol–water partition coefficient (Wildman–Crippen LogP) is 11.6. The molecule has 246 valence electrons. The Labute approximate surface area is 299 Å². The van der Waals surface area contributed by atoms with Crippen LogP contribution in [0.3, 0.4) is 0 Å². The fourth-order valence-corrected chi connectivity index (χ4v) is 8.77. The van der Waals surface area contributed by atoms with E-state index >= 15 is 0 Å². The van der Waals surface area contributed by atoms with Gasteiger partial charge in [-0.2, -0.15) is 4.58 Å². The zero-order chi connectivity index (χ0) is 34.0. The molecule has 0 saturated carbocycles. The molecule has 5 rings (SSSR count). The van der Waals surface area contributed by atoms with Crippen LogP contribution in [0.15, 0.2) is 134 Å². The number of allylic oxidation sites excluding steroid dienone is 7. The summed E-state index contributed by atoms with van der Waals surface area (Å²) in [5.41, 5.74) is 12.5. The molecule has 4 aromatic rings. The molecule has 48 heavy (non-hydrogen) atoms. The molecule has 1 heterocycles. The van der Waals surface area contributed by atoms with E-state index < -0.39 is 0 Å². The van der Waals surface area contributed by atoms with Crippen molar-refractivity contribution in [3.63, 3.8) is 0 Å². The van der Waals surface area contributed by atoms with E-state index in [2.05, 4.69) is 165 Å². The third-order valence-corrected chi connectivity index (χ3v) is 12.1. The van der Waals surface area contributed by atoms with Crippen molar-refractivity contribution in [2.24, 2.45) is 0 Å². The summed E-state index contributed by atoms with van der Waals surface area (Å²) in [7, 11) is 4.29. The zero-order valence-corrected chi connectivity index (χ0v) is 31.3. The van der Waals surface area contributed by atoms with E-state index in [0.29, 0.717) is 0 Å². The van der Waals surface area contributed by atoms with E-state index in [0.717, 1.165) is 39.3 Å². The summed E-state index contributed by atoms with van der Waals surface area (Å²) in [6.45, 7) is 12.6. The molecule has 7 heteroatoms. The van der Waals surface area contributed by atoms with E-state index in [4.69, 9.17) is 0 Å². The Morgan fingerprint density at radius 2 is 1.65 bits per heavy atom. The molecule has 0 spiro atoms. The molecule has 0 fully saturated rings. The van der Waals surface area contributed by atoms with Crippen LogP contribution in [0.2, 0.25) is 0 Å². The fourth-order valence-electron chi connectivity index (χ4n) is 5.56. The van der Waals surface area contributed by atoms with Gasteiger partial charge in [0.05, 0.1) is 0 Å². The van der Waals surface area contributed by atoms with Gasteiger partial charge in [0.1, 0.15) is 7.05 Å². The van der Waals surface area contributed by atoms with Crippen molar-refractivity contribution in [2.45, 2.75) is 61.4 Å². The van der Waals surface area contributed by atoms with Crippen LogP contribution >= 0.6 is 34.9 Å². The molecule has 0 amide bonds. The Morgan fingerprint density at radius 3 is 2.38 bits per heavy atom. The van der Waals surface area contributed by atoms with Crippen LogP contribution in [-0.4, -0.2) is 34.6 Å². The molecule has 4 nitrogen and oxygen atoms in total. The molecule has 1 aliphatic rings. The first-order valence-corrected chi connectivity index (χ1v) is 18.9. The first-order chi connectivity index (χ1) is 23.2. The highest BCUT2D eigenvalue weighted by molar-refractivity contribution is 8.05. The number of nitrogens with zero attached hydrogens (tertiary/aromatic N) is 4. The molecular weight excluding hydrogens is 645 g/mol. The lowest BCUT2D eigenvalue weighted by molar-refractivity contribution is -0.405. The molecule has 1 aromatic heterocycles. The number of para-hydroxylation sites is 2. The lowest BCUT2D eigenvalue weighted by Gasteiger charge is -2.23. The summed E-state index contributed by atoms with van der Waals surface area (Å²) in [5, 5.41) is 9.20. The summed E-state index contributed by atoms with van der Waals surface area (Å²) in [5.74, 6) is 0.862. The number of aromatic nitrogens is 2. The maximum Gasteiger partial charge on any atom is 0.208 e. The second-order valence-electron chi connectivity index (χ2n) is 12.0. The number of hydrogen-bond donors (Lipinski definition) is 0. The second-order valence-corrected chi connectivity index (χ2v) is 15.5. The van der Waals surface area contributed by atoms with Crippen molar-refractivity contribution in [2.75, 3.05) is 19.0 Å². The van der Waals surface area contributed by atoms with Crippen LogP contribution in [0.5, 0.6) is 0 Å². The molecular formula is C41H45N4S3+. The van der Waals surface area contributed by atoms with Crippen molar-refractivity contribution >= 4 is 58.0 Å². The maximum atomic E-state index is 4.64. The smallest absolute Gasteiger partial charge is 0.208 e. The number of hydrogen-bond acceptors (Lipinski definition) is 6. The summed E-state index contributed by atoms with van der Waals surface area (Å²) in [6.07, 6.45) is 14.2. The highest BCUT2D eigenvalue weighted by atomic mass is 32.2. The Balaban J connectivity index is 1.44. The van der Waals surface area contributed by atoms with Gasteiger partial charge in [-0.3, -0.25) is 0 Å². The normalized spacial score (nSPS) is 15.3. The Morgan fingerprint density at radius 1 is 0.938 bits per heavy atom. The Hall–Kier alpha value is -3.91. The van der Waals surface area contributed by atoms with Crippen molar-refractivity contribution < 1.29 is 4.58 Å². The summed E-state index contributed by atoms with van der Waals surface area (Å²) in [4.78, 5) is 3.56. The number of benzene rings is 3. The zero-order valence-electron chi connectivity index (χ0n) is 28.9. The summed E-state index contributed by atoms with van der Waals surface area (Å²) >= 11 is 5.18. The third kappa shape index (κ3) is 9.16. The highest BCUT2D eigenvalue weighted by Gasteiger charge is 2.20. The average molecular weight is 690 g/mol. The molecule has 0 radical (unpaired) electrons. The molecule has 0 unspecified atom stereocenters. The van der Waals surface area contributed by atoms with Crippen LogP contribution in [0, 0.1) is 13.8 Å². The van der Waals surface area contributed by atoms with Gasteiger partial charge in [0.15, 0.2) is 14.4 Å². The topological polar surface area (TPSA) is 32.0 Å². The monoisotopic (exact) mass is 689 g/mol. The fraction of sp³-hybridized carbons (Fsp3) is 0.244. The summed E-state index contributed by atoms with van der Waals surface area (Å²) in [6, 6.07) is 25.6. The minimum Gasteiger partial charge on any atom is -0.348 e. The lowest BCUT2D eigenvalue weighted by atomic mass is 9.94. The first kappa shape index (κ1) is 35.4. The van der Waals surface area contributed by atoms with Gasteiger partial charge < -0.3 is 4.90 Å². The number of aryl methyl sites for hydroxylation is 2. The van der Waals surface area contributed by atoms with Crippen molar-refractivity contribution in [3.8, 4) is 0 Å². The van der Waals surface area contributed by atoms with E-state index in [1.807, 2.05) is 6.08 Å². The van der Waals surface area contributed by atoms with Crippen molar-refractivity contribution in [1.82, 2.24) is 10.2 Å². The predicted molar refractivity (Wildman–Crippen MR) is 211 cm³/mol. The van der Waals surface area contributed by atoms with E-state index in [-0.39, 0.29) is 0 Å². The standard InChI is InChI=1S/C41H45N4S3/c1-8-33-22-24-34(25-23-33)28-46-40-42-43-41(48-40)47-39-35(26-20-31(4)44(6)37-18-11-9-14-29(37)2)16-13-17-36(39)27-21-32(5)45(7)38-19-12-10-15-30(38)3/h8-12,14-15,18-27H,1,13,16-17,28H2,2-7H3/q+1. The second kappa shape index (κ2) is 17.0. The molecule has 0 atom stereocenters. The van der Waals surface area contributed by atoms with E-state index in [1.165, 1.54) is 55.5 Å². The summed E-state index contributed by atoms with van der Waals surface area (Å²) < 4.78 is 4.23. The molecule has 0 aliphatic heterocycles. The Bertz CT molecular complexity index is 1910. The van der Waals surface area contributed by atoms with Gasteiger partial charge in [0.25, 0.3) is 0 Å². The van der Waals surface area contributed by atoms with Crippen LogP contribution in [0.1, 0.15) is 55.4 Å². The first-order valence-electron chi connectivity index (χ1n) is 16.3. The molecule has 0 bridgehead atoms. The number of anilines is 1. The van der Waals surface area contributed by atoms with Gasteiger partial charge in [-0.05, 0) is 80.0 Å². The van der Waals surface area contributed by atoms with E-state index in [9.17, 15) is 0 Å². The third-order valence-electron chi connectivity index (χ3n) is 8.69. The van der Waals surface area contributed by atoms with Crippen LogP contribution in [0.4, 0.5) is 11.4 Å². The number of thioether (sulfide) groups is 2. The minimum absolute atomic E-state index is 0.862. The SMILES string of the molecule is C=Cc1ccc(CSc2nnc(SC3=C(/C=C/C(C)=[N+](\C)c4ccccc4C)CCC/C3=C\C=C(/C)N(C)c3ccccc3C)s2)cc1. The van der Waals surface area contributed by atoms with Gasteiger partial charge in [0.2, 0.25) is 5.69 Å². The molecule has 0 saturated heterocycles. The quantitative estimate of drug-likeness (QED) is 0.0840. The van der Waals surface area contributed by atoms with Gasteiger partial charge in [-0.1, -0.05) is 120 Å². The van der Waals surface area contributed by atoms with Gasteiger partial charge in [-0.15, -0.1) is 10.2 Å². The number of rotatable bonds is 12. The molecule has 3 aromatic carbocycles. The van der Waals surface area contributed by atoms with Crippen LogP contribution < -0.4 is 4.90 Å². The molecule has 1 aliphatic carbocycles. The lowest BCUT2D eigenvalue weighted by Crippen LogP contribution is -2.15. The van der Waals surface area contributed by atoms with E-state index in [1.54, 1.807) is 34.9 Å². The van der Waals surface area contributed by atoms with Crippen molar-refractivity contribution in [3.05, 3.63) is 148 Å².